The second kappa shape index (κ2) is 6.26. The van der Waals surface area contributed by atoms with Gasteiger partial charge in [0.05, 0.1) is 6.04 Å². The Hall–Kier alpha value is -1.26. The van der Waals surface area contributed by atoms with Gasteiger partial charge in [-0.1, -0.05) is 13.0 Å². The molecule has 1 aromatic heterocycles. The van der Waals surface area contributed by atoms with Gasteiger partial charge in [0.1, 0.15) is 0 Å². The van der Waals surface area contributed by atoms with Crippen LogP contribution >= 0.6 is 11.3 Å². The van der Waals surface area contributed by atoms with E-state index < -0.39 is 11.6 Å². The Kier molecular flexibility index (Phi) is 4.66. The van der Waals surface area contributed by atoms with Gasteiger partial charge in [0, 0.05) is 4.88 Å². The minimum absolute atomic E-state index is 0.0833. The first-order chi connectivity index (χ1) is 9.11. The Balaban J connectivity index is 2.33. The third kappa shape index (κ3) is 3.39. The lowest BCUT2D eigenvalue weighted by molar-refractivity contribution is 0.503. The summed E-state index contributed by atoms with van der Waals surface area (Å²) in [5.74, 6) is -1.60. The van der Waals surface area contributed by atoms with Crippen molar-refractivity contribution in [3.8, 4) is 0 Å². The van der Waals surface area contributed by atoms with Crippen molar-refractivity contribution in [3.63, 3.8) is 0 Å². The van der Waals surface area contributed by atoms with Crippen LogP contribution in [-0.4, -0.2) is 6.54 Å². The fraction of sp³-hybridized carbons (Fsp3) is 0.333. The van der Waals surface area contributed by atoms with Gasteiger partial charge in [-0.15, -0.1) is 11.3 Å². The second-order valence-electron chi connectivity index (χ2n) is 4.55. The summed E-state index contributed by atoms with van der Waals surface area (Å²) in [6.45, 7) is 4.95. The van der Waals surface area contributed by atoms with Gasteiger partial charge in [-0.3, -0.25) is 0 Å². The number of halogens is 2. The smallest absolute Gasteiger partial charge is 0.159 e. The number of rotatable bonds is 5. The van der Waals surface area contributed by atoms with Crippen molar-refractivity contribution in [1.82, 2.24) is 5.32 Å². The maximum Gasteiger partial charge on any atom is 0.159 e. The first-order valence-electron chi connectivity index (χ1n) is 6.35. The van der Waals surface area contributed by atoms with Crippen LogP contribution in [0.3, 0.4) is 0 Å². The summed E-state index contributed by atoms with van der Waals surface area (Å²) in [6, 6.07) is 6.10. The molecule has 1 aromatic carbocycles. The first-order valence-corrected chi connectivity index (χ1v) is 7.23. The Morgan fingerprint density at radius 3 is 2.53 bits per heavy atom. The molecule has 0 bridgehead atoms. The molecule has 0 aliphatic rings. The highest BCUT2D eigenvalue weighted by Crippen LogP contribution is 2.27. The van der Waals surface area contributed by atoms with Crippen molar-refractivity contribution < 1.29 is 8.78 Å². The molecule has 0 saturated heterocycles. The Morgan fingerprint density at radius 1 is 1.16 bits per heavy atom. The van der Waals surface area contributed by atoms with Crippen LogP contribution in [0.5, 0.6) is 0 Å². The van der Waals surface area contributed by atoms with Crippen molar-refractivity contribution in [2.75, 3.05) is 6.54 Å². The van der Waals surface area contributed by atoms with Crippen LogP contribution in [0.2, 0.25) is 0 Å². The molecular formula is C15H17F2NS. The normalized spacial score (nSPS) is 12.6. The SMILES string of the molecule is CCCNC(c1csc(C)c1)c1ccc(F)c(F)c1. The average molecular weight is 281 g/mol. The number of hydrogen-bond donors (Lipinski definition) is 1. The van der Waals surface area contributed by atoms with Crippen molar-refractivity contribution >= 4 is 11.3 Å². The lowest BCUT2D eigenvalue weighted by Crippen LogP contribution is -2.23. The molecule has 19 heavy (non-hydrogen) atoms. The molecule has 0 fully saturated rings. The van der Waals surface area contributed by atoms with Crippen LogP contribution in [-0.2, 0) is 0 Å². The fourth-order valence-corrected chi connectivity index (χ4v) is 2.75. The van der Waals surface area contributed by atoms with Crippen molar-refractivity contribution in [3.05, 3.63) is 57.3 Å². The lowest BCUT2D eigenvalue weighted by Gasteiger charge is -2.18. The number of nitrogens with one attached hydrogen (secondary N) is 1. The second-order valence-corrected chi connectivity index (χ2v) is 5.67. The maximum atomic E-state index is 13.4. The van der Waals surface area contributed by atoms with E-state index in [1.807, 2.05) is 6.92 Å². The van der Waals surface area contributed by atoms with Gasteiger partial charge in [-0.2, -0.15) is 0 Å². The minimum atomic E-state index is -0.806. The lowest BCUT2D eigenvalue weighted by atomic mass is 10.0. The van der Waals surface area contributed by atoms with Crippen molar-refractivity contribution in [2.24, 2.45) is 0 Å². The van der Waals surface area contributed by atoms with E-state index in [9.17, 15) is 8.78 Å². The Labute approximate surface area is 116 Å². The third-order valence-electron chi connectivity index (χ3n) is 2.96. The van der Waals surface area contributed by atoms with Crippen LogP contribution in [0.15, 0.2) is 29.6 Å². The van der Waals surface area contributed by atoms with Gasteiger partial charge in [-0.05, 0) is 54.6 Å². The largest absolute Gasteiger partial charge is 0.306 e. The predicted octanol–water partition coefficient (Wildman–Crippen LogP) is 4.42. The van der Waals surface area contributed by atoms with E-state index in [2.05, 4.69) is 23.7 Å². The van der Waals surface area contributed by atoms with Gasteiger partial charge < -0.3 is 5.32 Å². The topological polar surface area (TPSA) is 12.0 Å². The maximum absolute atomic E-state index is 13.4. The molecule has 2 aromatic rings. The van der Waals surface area contributed by atoms with Crippen LogP contribution in [0, 0.1) is 18.6 Å². The number of hydrogen-bond acceptors (Lipinski definition) is 2. The quantitative estimate of drug-likeness (QED) is 0.855. The van der Waals surface area contributed by atoms with E-state index in [0.29, 0.717) is 0 Å². The minimum Gasteiger partial charge on any atom is -0.306 e. The predicted molar refractivity (Wildman–Crippen MR) is 75.6 cm³/mol. The molecule has 0 spiro atoms. The molecule has 1 N–H and O–H groups in total. The van der Waals surface area contributed by atoms with Gasteiger partial charge in [0.2, 0.25) is 0 Å². The van der Waals surface area contributed by atoms with Gasteiger partial charge in [0.15, 0.2) is 11.6 Å². The molecule has 4 heteroatoms. The van der Waals surface area contributed by atoms with Gasteiger partial charge in [0.25, 0.3) is 0 Å². The third-order valence-corrected chi connectivity index (χ3v) is 3.84. The molecule has 0 amide bonds. The highest BCUT2D eigenvalue weighted by atomic mass is 32.1. The first kappa shape index (κ1) is 14.2. The molecule has 0 radical (unpaired) electrons. The summed E-state index contributed by atoms with van der Waals surface area (Å²) >= 11 is 1.66. The molecule has 1 nitrogen and oxygen atoms in total. The zero-order valence-electron chi connectivity index (χ0n) is 11.0. The summed E-state index contributed by atoms with van der Waals surface area (Å²) in [7, 11) is 0. The number of benzene rings is 1. The molecule has 0 aliphatic carbocycles. The van der Waals surface area contributed by atoms with E-state index in [1.54, 1.807) is 17.4 Å². The van der Waals surface area contributed by atoms with Gasteiger partial charge >= 0.3 is 0 Å². The molecule has 2 rings (SSSR count). The highest BCUT2D eigenvalue weighted by Gasteiger charge is 2.16. The Morgan fingerprint density at radius 2 is 1.95 bits per heavy atom. The molecule has 1 unspecified atom stereocenters. The number of aryl methyl sites for hydroxylation is 1. The number of thiophene rings is 1. The summed E-state index contributed by atoms with van der Waals surface area (Å²) in [5.41, 5.74) is 1.85. The Bertz CT molecular complexity index is 551. The summed E-state index contributed by atoms with van der Waals surface area (Å²) < 4.78 is 26.4. The molecule has 0 aliphatic heterocycles. The monoisotopic (exact) mass is 281 g/mol. The summed E-state index contributed by atoms with van der Waals surface area (Å²) in [5, 5.41) is 5.44. The van der Waals surface area contributed by atoms with Crippen molar-refractivity contribution in [2.45, 2.75) is 26.3 Å². The molecule has 1 atom stereocenters. The fourth-order valence-electron chi connectivity index (χ4n) is 2.02. The zero-order valence-corrected chi connectivity index (χ0v) is 11.9. The van der Waals surface area contributed by atoms with E-state index in [0.717, 1.165) is 24.1 Å². The zero-order chi connectivity index (χ0) is 13.8. The van der Waals surface area contributed by atoms with E-state index >= 15 is 0 Å². The molecule has 0 saturated carbocycles. The summed E-state index contributed by atoms with van der Waals surface area (Å²) in [6.07, 6.45) is 0.989. The van der Waals surface area contributed by atoms with E-state index in [4.69, 9.17) is 0 Å². The highest BCUT2D eigenvalue weighted by molar-refractivity contribution is 7.10. The average Bonchev–Trinajstić information content (AvgIpc) is 2.80. The van der Waals surface area contributed by atoms with Crippen LogP contribution < -0.4 is 5.32 Å². The van der Waals surface area contributed by atoms with Crippen LogP contribution in [0.25, 0.3) is 0 Å². The summed E-state index contributed by atoms with van der Waals surface area (Å²) in [4.78, 5) is 1.21. The van der Waals surface area contributed by atoms with Gasteiger partial charge in [-0.25, -0.2) is 8.78 Å². The molecule has 102 valence electrons. The van der Waals surface area contributed by atoms with Crippen LogP contribution in [0.4, 0.5) is 8.78 Å². The standard InChI is InChI=1S/C15H17F2NS/c1-3-6-18-15(12-7-10(2)19-9-12)11-4-5-13(16)14(17)8-11/h4-5,7-9,15,18H,3,6H2,1-2H3. The van der Waals surface area contributed by atoms with E-state index in [1.165, 1.54) is 17.0 Å². The van der Waals surface area contributed by atoms with Crippen molar-refractivity contribution in [1.29, 1.82) is 0 Å². The molecule has 1 heterocycles. The molecular weight excluding hydrogens is 264 g/mol. The van der Waals surface area contributed by atoms with E-state index in [-0.39, 0.29) is 6.04 Å². The van der Waals surface area contributed by atoms with Crippen LogP contribution in [0.1, 0.15) is 35.4 Å².